The minimum atomic E-state index is -2.83. The third-order valence-electron chi connectivity index (χ3n) is 4.58. The molecule has 1 aromatic carbocycles. The lowest BCUT2D eigenvalue weighted by atomic mass is 10.1. The zero-order chi connectivity index (χ0) is 20.1. The van der Waals surface area contributed by atoms with Crippen LogP contribution in [0.1, 0.15) is 22.3 Å². The molecule has 0 radical (unpaired) electrons. The Morgan fingerprint density at radius 3 is 2.61 bits per heavy atom. The number of methoxy groups -OCH3 is 1. The van der Waals surface area contributed by atoms with Gasteiger partial charge in [-0.1, -0.05) is 6.07 Å². The van der Waals surface area contributed by atoms with Crippen molar-refractivity contribution in [3.05, 3.63) is 53.7 Å². The van der Waals surface area contributed by atoms with Gasteiger partial charge in [0.25, 0.3) is 0 Å². The summed E-state index contributed by atoms with van der Waals surface area (Å²) >= 11 is 0. The summed E-state index contributed by atoms with van der Waals surface area (Å²) in [5.41, 5.74) is 2.23. The predicted molar refractivity (Wildman–Crippen MR) is 98.9 cm³/mol. The van der Waals surface area contributed by atoms with Gasteiger partial charge in [0.1, 0.15) is 6.10 Å². The quantitative estimate of drug-likeness (QED) is 0.673. The van der Waals surface area contributed by atoms with Crippen molar-refractivity contribution < 1.29 is 27.8 Å². The number of hydrogen-bond donors (Lipinski definition) is 0. The zero-order valence-electron chi connectivity index (χ0n) is 15.7. The molecule has 0 aliphatic carbocycles. The van der Waals surface area contributed by atoms with E-state index in [0.29, 0.717) is 24.4 Å². The van der Waals surface area contributed by atoms with Gasteiger partial charge in [-0.25, -0.2) is 9.78 Å². The molecule has 150 valence electrons. The summed E-state index contributed by atoms with van der Waals surface area (Å²) < 4.78 is 40.3. The Hall–Kier alpha value is -2.74. The third kappa shape index (κ3) is 4.95. The first kappa shape index (κ1) is 20.0. The van der Waals surface area contributed by atoms with Crippen LogP contribution in [0.4, 0.5) is 14.5 Å². The summed E-state index contributed by atoms with van der Waals surface area (Å²) in [5.74, 6) is 0.0595. The predicted octanol–water partition coefficient (Wildman–Crippen LogP) is 3.44. The lowest BCUT2D eigenvalue weighted by Gasteiger charge is -2.26. The van der Waals surface area contributed by atoms with Crippen LogP contribution in [0.2, 0.25) is 0 Å². The van der Waals surface area contributed by atoms with Gasteiger partial charge in [0.2, 0.25) is 5.88 Å². The van der Waals surface area contributed by atoms with Gasteiger partial charge in [-0.05, 0) is 36.8 Å². The Kier molecular flexibility index (Phi) is 6.41. The summed E-state index contributed by atoms with van der Waals surface area (Å²) in [6.07, 6.45) is 2.01. The van der Waals surface area contributed by atoms with Crippen LogP contribution in [0.3, 0.4) is 0 Å². The maximum absolute atomic E-state index is 12.5. The summed E-state index contributed by atoms with van der Waals surface area (Å²) in [6, 6.07) is 10.2. The molecule has 1 saturated heterocycles. The Morgan fingerprint density at radius 1 is 1.25 bits per heavy atom. The molecule has 0 unspecified atom stereocenters. The molecule has 3 rings (SSSR count). The second-order valence-electron chi connectivity index (χ2n) is 6.59. The SMILES string of the molecule is COC(=O)c1ccc(N2C[C@@H](Oc3ccc(C)cn3)C[C@H]2COC(F)F)cc1. The van der Waals surface area contributed by atoms with E-state index in [-0.39, 0.29) is 18.8 Å². The number of rotatable bonds is 7. The van der Waals surface area contributed by atoms with Crippen molar-refractivity contribution in [2.45, 2.75) is 32.1 Å². The number of esters is 1. The molecule has 0 saturated carbocycles. The number of halogens is 2. The van der Waals surface area contributed by atoms with Crippen molar-refractivity contribution in [3.8, 4) is 5.88 Å². The Balaban J connectivity index is 1.74. The van der Waals surface area contributed by atoms with Crippen molar-refractivity contribution in [3.63, 3.8) is 0 Å². The topological polar surface area (TPSA) is 60.9 Å². The van der Waals surface area contributed by atoms with Crippen LogP contribution >= 0.6 is 0 Å². The molecule has 0 spiro atoms. The summed E-state index contributed by atoms with van der Waals surface area (Å²) in [7, 11) is 1.31. The van der Waals surface area contributed by atoms with E-state index in [0.717, 1.165) is 11.3 Å². The molecule has 0 bridgehead atoms. The van der Waals surface area contributed by atoms with E-state index >= 15 is 0 Å². The van der Waals surface area contributed by atoms with E-state index in [1.165, 1.54) is 7.11 Å². The van der Waals surface area contributed by atoms with E-state index < -0.39 is 12.6 Å². The number of ether oxygens (including phenoxy) is 3. The first-order valence-corrected chi connectivity index (χ1v) is 8.90. The normalized spacial score (nSPS) is 19.1. The van der Waals surface area contributed by atoms with Crippen LogP contribution in [0.15, 0.2) is 42.6 Å². The van der Waals surface area contributed by atoms with E-state index in [1.54, 1.807) is 36.5 Å². The van der Waals surface area contributed by atoms with E-state index in [4.69, 9.17) is 9.47 Å². The fourth-order valence-corrected chi connectivity index (χ4v) is 3.22. The molecule has 1 aromatic heterocycles. The van der Waals surface area contributed by atoms with Crippen LogP contribution < -0.4 is 9.64 Å². The monoisotopic (exact) mass is 392 g/mol. The highest BCUT2D eigenvalue weighted by Gasteiger charge is 2.34. The van der Waals surface area contributed by atoms with Gasteiger partial charge in [-0.3, -0.25) is 0 Å². The molecule has 8 heteroatoms. The highest BCUT2D eigenvalue weighted by atomic mass is 19.3. The van der Waals surface area contributed by atoms with Gasteiger partial charge in [0.15, 0.2) is 0 Å². The standard InChI is InChI=1S/C20H22F2N2O4/c1-13-3-8-18(23-10-13)28-17-9-16(12-27-20(21)22)24(11-17)15-6-4-14(5-7-15)19(25)26-2/h3-8,10,16-17,20H,9,11-12H2,1-2H3/t16-,17-/m0/s1. The molecule has 28 heavy (non-hydrogen) atoms. The molecule has 2 heterocycles. The number of hydrogen-bond acceptors (Lipinski definition) is 6. The van der Waals surface area contributed by atoms with Gasteiger partial charge >= 0.3 is 12.6 Å². The fourth-order valence-electron chi connectivity index (χ4n) is 3.22. The molecular weight excluding hydrogens is 370 g/mol. The summed E-state index contributed by atoms with van der Waals surface area (Å²) in [5, 5.41) is 0. The second-order valence-corrected chi connectivity index (χ2v) is 6.59. The van der Waals surface area contributed by atoms with E-state index in [9.17, 15) is 13.6 Å². The number of aromatic nitrogens is 1. The van der Waals surface area contributed by atoms with Crippen molar-refractivity contribution in [2.24, 2.45) is 0 Å². The molecule has 1 fully saturated rings. The van der Waals surface area contributed by atoms with Crippen LogP contribution in [-0.2, 0) is 9.47 Å². The molecule has 2 atom stereocenters. The molecule has 1 aliphatic heterocycles. The van der Waals surface area contributed by atoms with Gasteiger partial charge in [0.05, 0.1) is 31.9 Å². The number of pyridine rings is 1. The minimum absolute atomic E-state index is 0.127. The number of anilines is 1. The zero-order valence-corrected chi connectivity index (χ0v) is 15.7. The van der Waals surface area contributed by atoms with Crippen molar-refractivity contribution in [1.29, 1.82) is 0 Å². The molecule has 2 aromatic rings. The first-order valence-electron chi connectivity index (χ1n) is 8.90. The Bertz CT molecular complexity index is 784. The van der Waals surface area contributed by atoms with Crippen molar-refractivity contribution >= 4 is 11.7 Å². The number of benzene rings is 1. The molecule has 0 N–H and O–H groups in total. The summed E-state index contributed by atoms with van der Waals surface area (Å²) in [6.45, 7) is -0.534. The van der Waals surface area contributed by atoms with Crippen molar-refractivity contribution in [1.82, 2.24) is 4.98 Å². The highest BCUT2D eigenvalue weighted by Crippen LogP contribution is 2.29. The van der Waals surface area contributed by atoms with Crippen LogP contribution in [0.5, 0.6) is 5.88 Å². The van der Waals surface area contributed by atoms with Crippen molar-refractivity contribution in [2.75, 3.05) is 25.2 Å². The Labute approximate surface area is 162 Å². The lowest BCUT2D eigenvalue weighted by Crippen LogP contribution is -2.34. The highest BCUT2D eigenvalue weighted by molar-refractivity contribution is 5.89. The van der Waals surface area contributed by atoms with Crippen LogP contribution in [0.25, 0.3) is 0 Å². The Morgan fingerprint density at radius 2 is 2.00 bits per heavy atom. The molecule has 6 nitrogen and oxygen atoms in total. The average Bonchev–Trinajstić information content (AvgIpc) is 3.10. The fraction of sp³-hybridized carbons (Fsp3) is 0.400. The smallest absolute Gasteiger partial charge is 0.345 e. The van der Waals surface area contributed by atoms with Gasteiger partial charge < -0.3 is 19.1 Å². The lowest BCUT2D eigenvalue weighted by molar-refractivity contribution is -0.131. The number of carbonyl (C=O) groups excluding carboxylic acids is 1. The average molecular weight is 392 g/mol. The van der Waals surface area contributed by atoms with Crippen LogP contribution in [-0.4, -0.2) is 50.0 Å². The minimum Gasteiger partial charge on any atom is -0.472 e. The van der Waals surface area contributed by atoms with Gasteiger partial charge in [-0.2, -0.15) is 8.78 Å². The number of alkyl halides is 2. The van der Waals surface area contributed by atoms with Crippen LogP contribution in [0, 0.1) is 6.92 Å². The van der Waals surface area contributed by atoms with E-state index in [1.807, 2.05) is 17.9 Å². The number of aryl methyl sites for hydroxylation is 1. The van der Waals surface area contributed by atoms with Gasteiger partial charge in [0, 0.05) is 24.4 Å². The number of carbonyl (C=O) groups is 1. The molecule has 0 amide bonds. The maximum atomic E-state index is 12.5. The number of nitrogens with zero attached hydrogens (tertiary/aromatic N) is 2. The largest absolute Gasteiger partial charge is 0.472 e. The first-order chi connectivity index (χ1) is 13.5. The second kappa shape index (κ2) is 8.97. The maximum Gasteiger partial charge on any atom is 0.345 e. The third-order valence-corrected chi connectivity index (χ3v) is 4.58. The van der Waals surface area contributed by atoms with E-state index in [2.05, 4.69) is 9.72 Å². The molecular formula is C20H22F2N2O4. The summed E-state index contributed by atoms with van der Waals surface area (Å²) in [4.78, 5) is 17.8. The molecule has 1 aliphatic rings. The van der Waals surface area contributed by atoms with Gasteiger partial charge in [-0.15, -0.1) is 0 Å².